The number of benzene rings is 2. The van der Waals surface area contributed by atoms with Gasteiger partial charge in [0.2, 0.25) is 5.62 Å². The van der Waals surface area contributed by atoms with Gasteiger partial charge in [0.15, 0.2) is 0 Å². The molecule has 2 aromatic carbocycles. The molecule has 0 radical (unpaired) electrons. The molecular formula is C18H17Br2N3O2. The minimum Gasteiger partial charge on any atom is -0.425 e. The smallest absolute Gasteiger partial charge is 0.331 e. The van der Waals surface area contributed by atoms with Gasteiger partial charge in [0.1, 0.15) is 12.3 Å². The Kier molecular flexibility index (Phi) is 6.39. The predicted octanol–water partition coefficient (Wildman–Crippen LogP) is 4.05. The molecular weight excluding hydrogens is 450 g/mol. The summed E-state index contributed by atoms with van der Waals surface area (Å²) in [7, 11) is 0. The monoisotopic (exact) mass is 465 g/mol. The van der Waals surface area contributed by atoms with Crippen LogP contribution >= 0.6 is 32.9 Å². The molecule has 0 atom stereocenters. The molecule has 0 bridgehead atoms. The molecule has 0 unspecified atom stereocenters. The van der Waals surface area contributed by atoms with E-state index < -0.39 is 5.97 Å². The first-order valence-corrected chi connectivity index (χ1v) is 8.19. The maximum absolute atomic E-state index is 12.3. The standard InChI is InChI=1S/C18H16BrN3O2.BrH/c1-2-11-21-15-5-3-4-6-16(15)22(18(21)20)12-17(23)24-14-9-7-13(19)8-10-14;/h2-10,20H,1,11-12H2;1H. The van der Waals surface area contributed by atoms with Gasteiger partial charge in [-0.05, 0) is 36.4 Å². The van der Waals surface area contributed by atoms with E-state index in [9.17, 15) is 4.79 Å². The van der Waals surface area contributed by atoms with Gasteiger partial charge in [0.05, 0.1) is 11.0 Å². The van der Waals surface area contributed by atoms with Crippen LogP contribution in [0.2, 0.25) is 0 Å². The SMILES string of the molecule is Br.C=CCn1c(=N)n(CC(=O)Oc2ccc(Br)cc2)c2ccccc21. The first kappa shape index (κ1) is 19.2. The van der Waals surface area contributed by atoms with Gasteiger partial charge in [0, 0.05) is 11.0 Å². The minimum atomic E-state index is -0.419. The van der Waals surface area contributed by atoms with Crippen molar-refractivity contribution in [3.63, 3.8) is 0 Å². The van der Waals surface area contributed by atoms with Crippen molar-refractivity contribution in [2.24, 2.45) is 0 Å². The highest BCUT2D eigenvalue weighted by Crippen LogP contribution is 2.17. The minimum absolute atomic E-state index is 0. The first-order valence-electron chi connectivity index (χ1n) is 7.40. The van der Waals surface area contributed by atoms with Crippen molar-refractivity contribution < 1.29 is 9.53 Å². The van der Waals surface area contributed by atoms with E-state index in [0.29, 0.717) is 12.3 Å². The number of carbonyl (C=O) groups is 1. The number of nitrogens with zero attached hydrogens (tertiary/aromatic N) is 2. The fraction of sp³-hybridized carbons (Fsp3) is 0.111. The Balaban J connectivity index is 0.00000225. The Bertz CT molecular complexity index is 959. The predicted molar refractivity (Wildman–Crippen MR) is 106 cm³/mol. The van der Waals surface area contributed by atoms with Crippen molar-refractivity contribution in [1.29, 1.82) is 5.41 Å². The molecule has 3 rings (SSSR count). The van der Waals surface area contributed by atoms with Gasteiger partial charge in [-0.2, -0.15) is 0 Å². The van der Waals surface area contributed by atoms with Crippen LogP contribution in [0.3, 0.4) is 0 Å². The van der Waals surface area contributed by atoms with Crippen LogP contribution < -0.4 is 10.4 Å². The lowest BCUT2D eigenvalue weighted by Crippen LogP contribution is -2.28. The average Bonchev–Trinajstić information content (AvgIpc) is 2.83. The van der Waals surface area contributed by atoms with Crippen LogP contribution in [0, 0.1) is 5.41 Å². The molecule has 5 nitrogen and oxygen atoms in total. The van der Waals surface area contributed by atoms with E-state index in [4.69, 9.17) is 10.1 Å². The number of halogens is 2. The number of imidazole rings is 1. The van der Waals surface area contributed by atoms with Crippen LogP contribution in [0.1, 0.15) is 0 Å². The molecule has 25 heavy (non-hydrogen) atoms. The summed E-state index contributed by atoms with van der Waals surface area (Å²) in [5, 5.41) is 8.34. The Morgan fingerprint density at radius 1 is 1.12 bits per heavy atom. The summed E-state index contributed by atoms with van der Waals surface area (Å²) in [6.45, 7) is 4.21. The van der Waals surface area contributed by atoms with Crippen LogP contribution in [0.5, 0.6) is 5.75 Å². The highest BCUT2D eigenvalue weighted by Gasteiger charge is 2.14. The van der Waals surface area contributed by atoms with Gasteiger partial charge in [-0.1, -0.05) is 34.1 Å². The number of hydrogen-bond acceptors (Lipinski definition) is 3. The van der Waals surface area contributed by atoms with Gasteiger partial charge in [-0.3, -0.25) is 9.98 Å². The van der Waals surface area contributed by atoms with E-state index in [0.717, 1.165) is 15.5 Å². The van der Waals surface area contributed by atoms with E-state index in [-0.39, 0.29) is 29.1 Å². The Hall–Kier alpha value is -2.12. The average molecular weight is 467 g/mol. The fourth-order valence-electron chi connectivity index (χ4n) is 2.56. The number of carbonyl (C=O) groups excluding carboxylic acids is 1. The molecule has 3 aromatic rings. The number of fused-ring (bicyclic) bond motifs is 1. The van der Waals surface area contributed by atoms with Crippen molar-refractivity contribution in [1.82, 2.24) is 9.13 Å². The third-order valence-electron chi connectivity index (χ3n) is 3.62. The zero-order valence-electron chi connectivity index (χ0n) is 13.3. The van der Waals surface area contributed by atoms with Crippen molar-refractivity contribution in [3.05, 3.63) is 71.3 Å². The van der Waals surface area contributed by atoms with Gasteiger partial charge < -0.3 is 9.30 Å². The summed E-state index contributed by atoms with van der Waals surface area (Å²) in [6.07, 6.45) is 1.73. The van der Waals surface area contributed by atoms with Crippen LogP contribution in [-0.4, -0.2) is 15.1 Å². The summed E-state index contributed by atoms with van der Waals surface area (Å²) in [6, 6.07) is 14.7. The first-order chi connectivity index (χ1) is 11.6. The second kappa shape index (κ2) is 8.31. The van der Waals surface area contributed by atoms with Crippen LogP contribution in [0.4, 0.5) is 0 Å². The maximum Gasteiger partial charge on any atom is 0.331 e. The topological polar surface area (TPSA) is 60.0 Å². The number of para-hydroxylation sites is 2. The number of esters is 1. The molecule has 1 aromatic heterocycles. The lowest BCUT2D eigenvalue weighted by atomic mass is 10.3. The number of rotatable bonds is 5. The van der Waals surface area contributed by atoms with Crippen molar-refractivity contribution in [2.45, 2.75) is 13.1 Å². The van der Waals surface area contributed by atoms with E-state index in [1.54, 1.807) is 27.3 Å². The molecule has 0 spiro atoms. The van der Waals surface area contributed by atoms with E-state index in [1.807, 2.05) is 36.4 Å². The Morgan fingerprint density at radius 3 is 2.32 bits per heavy atom. The zero-order valence-corrected chi connectivity index (χ0v) is 16.6. The summed E-state index contributed by atoms with van der Waals surface area (Å²) >= 11 is 3.34. The summed E-state index contributed by atoms with van der Waals surface area (Å²) in [5.41, 5.74) is 1.94. The zero-order chi connectivity index (χ0) is 17.1. The molecule has 1 N–H and O–H groups in total. The number of ether oxygens (including phenoxy) is 1. The van der Waals surface area contributed by atoms with E-state index >= 15 is 0 Å². The van der Waals surface area contributed by atoms with Crippen molar-refractivity contribution in [2.75, 3.05) is 0 Å². The molecule has 0 aliphatic rings. The normalized spacial score (nSPS) is 10.3. The molecule has 7 heteroatoms. The molecule has 0 aliphatic carbocycles. The summed E-state index contributed by atoms with van der Waals surface area (Å²) in [5.74, 6) is 0.0579. The van der Waals surface area contributed by atoms with Gasteiger partial charge in [0.25, 0.3) is 0 Å². The summed E-state index contributed by atoms with van der Waals surface area (Å²) < 4.78 is 9.71. The number of aromatic nitrogens is 2. The largest absolute Gasteiger partial charge is 0.425 e. The Morgan fingerprint density at radius 2 is 1.72 bits per heavy atom. The lowest BCUT2D eigenvalue weighted by molar-refractivity contribution is -0.135. The second-order valence-corrected chi connectivity index (χ2v) is 6.14. The summed E-state index contributed by atoms with van der Waals surface area (Å²) in [4.78, 5) is 12.3. The third-order valence-corrected chi connectivity index (χ3v) is 4.15. The number of allylic oxidation sites excluding steroid dienone is 1. The fourth-order valence-corrected chi connectivity index (χ4v) is 2.83. The maximum atomic E-state index is 12.3. The lowest BCUT2D eigenvalue weighted by Gasteiger charge is -2.06. The molecule has 0 saturated heterocycles. The second-order valence-electron chi connectivity index (χ2n) is 5.23. The van der Waals surface area contributed by atoms with Gasteiger partial charge in [-0.25, -0.2) is 4.79 Å². The highest BCUT2D eigenvalue weighted by atomic mass is 79.9. The van der Waals surface area contributed by atoms with Crippen LogP contribution in [-0.2, 0) is 17.9 Å². The molecule has 0 fully saturated rings. The molecule has 0 aliphatic heterocycles. The number of hydrogen-bond donors (Lipinski definition) is 1. The van der Waals surface area contributed by atoms with Gasteiger partial charge >= 0.3 is 5.97 Å². The Labute approximate surface area is 163 Å². The number of nitrogens with one attached hydrogen (secondary N) is 1. The van der Waals surface area contributed by atoms with E-state index in [1.165, 1.54) is 0 Å². The molecule has 1 heterocycles. The van der Waals surface area contributed by atoms with Crippen molar-refractivity contribution >= 4 is 49.9 Å². The van der Waals surface area contributed by atoms with E-state index in [2.05, 4.69) is 22.5 Å². The van der Waals surface area contributed by atoms with Crippen molar-refractivity contribution in [3.8, 4) is 5.75 Å². The van der Waals surface area contributed by atoms with Crippen LogP contribution in [0.25, 0.3) is 11.0 Å². The van der Waals surface area contributed by atoms with Gasteiger partial charge in [-0.15, -0.1) is 23.6 Å². The molecule has 130 valence electrons. The highest BCUT2D eigenvalue weighted by molar-refractivity contribution is 9.10. The molecule has 0 amide bonds. The third kappa shape index (κ3) is 4.11. The van der Waals surface area contributed by atoms with Crippen LogP contribution in [0.15, 0.2) is 65.7 Å². The quantitative estimate of drug-likeness (QED) is 0.350. The molecule has 0 saturated carbocycles.